The SMILES string of the molecule is COC(=O)CCc1cc2c(C)cc(=O)oc2cc1OC(=O)c1cc(OC)cc(OC)c1. The summed E-state index contributed by atoms with van der Waals surface area (Å²) in [6, 6.07) is 9.26. The monoisotopic (exact) mass is 426 g/mol. The van der Waals surface area contributed by atoms with E-state index in [1.807, 2.05) is 0 Å². The van der Waals surface area contributed by atoms with Crippen LogP contribution in [0.3, 0.4) is 0 Å². The second-order valence-corrected chi connectivity index (χ2v) is 6.77. The van der Waals surface area contributed by atoms with E-state index in [4.69, 9.17) is 23.4 Å². The minimum absolute atomic E-state index is 0.0926. The fraction of sp³-hybridized carbons (Fsp3) is 0.261. The van der Waals surface area contributed by atoms with Gasteiger partial charge < -0.3 is 23.4 Å². The third-order valence-corrected chi connectivity index (χ3v) is 4.75. The second kappa shape index (κ2) is 9.34. The van der Waals surface area contributed by atoms with Crippen LogP contribution in [0, 0.1) is 6.92 Å². The molecule has 0 saturated carbocycles. The summed E-state index contributed by atoms with van der Waals surface area (Å²) in [7, 11) is 4.25. The van der Waals surface area contributed by atoms with Crippen molar-refractivity contribution >= 4 is 22.9 Å². The standard InChI is InChI=1S/C23H22O8/c1-13-7-22(25)30-20-12-19(14(10-18(13)20)5-6-21(24)29-4)31-23(26)15-8-16(27-2)11-17(9-15)28-3/h7-12H,5-6H2,1-4H3. The average molecular weight is 426 g/mol. The normalized spacial score (nSPS) is 10.6. The smallest absolute Gasteiger partial charge is 0.343 e. The van der Waals surface area contributed by atoms with Gasteiger partial charge in [-0.2, -0.15) is 0 Å². The van der Waals surface area contributed by atoms with Crippen LogP contribution in [-0.4, -0.2) is 33.3 Å². The summed E-state index contributed by atoms with van der Waals surface area (Å²) in [5.41, 5.74) is 1.28. The van der Waals surface area contributed by atoms with E-state index in [9.17, 15) is 14.4 Å². The first kappa shape index (κ1) is 21.9. The molecule has 0 spiro atoms. The highest BCUT2D eigenvalue weighted by Crippen LogP contribution is 2.30. The molecule has 162 valence electrons. The molecule has 0 aliphatic heterocycles. The van der Waals surface area contributed by atoms with Crippen LogP contribution in [0.15, 0.2) is 45.6 Å². The predicted molar refractivity (Wildman–Crippen MR) is 112 cm³/mol. The fourth-order valence-corrected chi connectivity index (χ4v) is 3.10. The van der Waals surface area contributed by atoms with Gasteiger partial charge in [-0.3, -0.25) is 4.79 Å². The maximum Gasteiger partial charge on any atom is 0.343 e. The van der Waals surface area contributed by atoms with Crippen molar-refractivity contribution in [1.82, 2.24) is 0 Å². The molecule has 0 aliphatic rings. The van der Waals surface area contributed by atoms with Crippen LogP contribution in [0.2, 0.25) is 0 Å². The van der Waals surface area contributed by atoms with Crippen molar-refractivity contribution in [3.05, 3.63) is 63.5 Å². The highest BCUT2D eigenvalue weighted by molar-refractivity contribution is 5.93. The first-order chi connectivity index (χ1) is 14.8. The lowest BCUT2D eigenvalue weighted by Crippen LogP contribution is -2.11. The number of hydrogen-bond acceptors (Lipinski definition) is 8. The molecule has 1 heterocycles. The van der Waals surface area contributed by atoms with Crippen molar-refractivity contribution in [2.24, 2.45) is 0 Å². The van der Waals surface area contributed by atoms with Gasteiger partial charge in [0.25, 0.3) is 0 Å². The van der Waals surface area contributed by atoms with Crippen molar-refractivity contribution in [2.75, 3.05) is 21.3 Å². The Balaban J connectivity index is 2.03. The van der Waals surface area contributed by atoms with Crippen LogP contribution in [-0.2, 0) is 16.0 Å². The summed E-state index contributed by atoms with van der Waals surface area (Å²) < 4.78 is 26.0. The number of carbonyl (C=O) groups excluding carboxylic acids is 2. The lowest BCUT2D eigenvalue weighted by Gasteiger charge is -2.13. The minimum atomic E-state index is -0.661. The van der Waals surface area contributed by atoms with E-state index in [1.54, 1.807) is 19.1 Å². The van der Waals surface area contributed by atoms with Crippen molar-refractivity contribution in [1.29, 1.82) is 0 Å². The molecule has 0 radical (unpaired) electrons. The van der Waals surface area contributed by atoms with E-state index in [1.165, 1.54) is 45.6 Å². The van der Waals surface area contributed by atoms with Gasteiger partial charge in [0, 0.05) is 30.0 Å². The molecule has 0 unspecified atom stereocenters. The Morgan fingerprint density at radius 1 is 0.935 bits per heavy atom. The van der Waals surface area contributed by atoms with Crippen molar-refractivity contribution in [3.8, 4) is 17.2 Å². The Bertz CT molecular complexity index is 1170. The number of hydrogen-bond donors (Lipinski definition) is 0. The van der Waals surface area contributed by atoms with Crippen molar-refractivity contribution < 1.29 is 33.0 Å². The second-order valence-electron chi connectivity index (χ2n) is 6.77. The Kier molecular flexibility index (Phi) is 6.59. The summed E-state index contributed by atoms with van der Waals surface area (Å²) in [5, 5.41) is 0.683. The van der Waals surface area contributed by atoms with Gasteiger partial charge in [-0.05, 0) is 42.7 Å². The van der Waals surface area contributed by atoms with Gasteiger partial charge in [-0.25, -0.2) is 9.59 Å². The number of benzene rings is 2. The third-order valence-electron chi connectivity index (χ3n) is 4.75. The lowest BCUT2D eigenvalue weighted by atomic mass is 10.0. The maximum atomic E-state index is 12.8. The Hall–Kier alpha value is -3.81. The third kappa shape index (κ3) is 5.03. The molecule has 3 aromatic rings. The summed E-state index contributed by atoms with van der Waals surface area (Å²) in [5.74, 6) is -0.0243. The van der Waals surface area contributed by atoms with Crippen LogP contribution in [0.4, 0.5) is 0 Å². The molecule has 2 aromatic carbocycles. The highest BCUT2D eigenvalue weighted by Gasteiger charge is 2.18. The first-order valence-electron chi connectivity index (χ1n) is 9.44. The zero-order valence-electron chi connectivity index (χ0n) is 17.6. The van der Waals surface area contributed by atoms with E-state index in [0.29, 0.717) is 28.0 Å². The fourth-order valence-electron chi connectivity index (χ4n) is 3.10. The Labute approximate surface area is 178 Å². The molecule has 0 aliphatic carbocycles. The Morgan fingerprint density at radius 2 is 1.61 bits per heavy atom. The molecule has 8 nitrogen and oxygen atoms in total. The van der Waals surface area contributed by atoms with Gasteiger partial charge in [-0.1, -0.05) is 0 Å². The molecular formula is C23H22O8. The molecule has 8 heteroatoms. The van der Waals surface area contributed by atoms with E-state index in [2.05, 4.69) is 0 Å². The van der Waals surface area contributed by atoms with Gasteiger partial charge in [0.1, 0.15) is 22.8 Å². The van der Waals surface area contributed by atoms with Crippen LogP contribution >= 0.6 is 0 Å². The summed E-state index contributed by atoms with van der Waals surface area (Å²) >= 11 is 0. The van der Waals surface area contributed by atoms with Gasteiger partial charge in [-0.15, -0.1) is 0 Å². The van der Waals surface area contributed by atoms with Crippen molar-refractivity contribution in [3.63, 3.8) is 0 Å². The van der Waals surface area contributed by atoms with Gasteiger partial charge in [0.2, 0.25) is 0 Å². The van der Waals surface area contributed by atoms with Crippen LogP contribution in [0.25, 0.3) is 11.0 Å². The largest absolute Gasteiger partial charge is 0.497 e. The molecule has 31 heavy (non-hydrogen) atoms. The maximum absolute atomic E-state index is 12.8. The van der Waals surface area contributed by atoms with Gasteiger partial charge in [0.05, 0.1) is 26.9 Å². The molecule has 0 saturated heterocycles. The molecule has 0 N–H and O–H groups in total. The average Bonchev–Trinajstić information content (AvgIpc) is 2.76. The number of carbonyl (C=O) groups is 2. The number of ether oxygens (including phenoxy) is 4. The molecule has 0 fully saturated rings. The lowest BCUT2D eigenvalue weighted by molar-refractivity contribution is -0.140. The molecule has 3 rings (SSSR count). The number of fused-ring (bicyclic) bond motifs is 1. The van der Waals surface area contributed by atoms with Gasteiger partial charge in [0.15, 0.2) is 0 Å². The number of methoxy groups -OCH3 is 3. The van der Waals surface area contributed by atoms with Crippen LogP contribution in [0.1, 0.15) is 27.9 Å². The predicted octanol–water partition coefficient (Wildman–Crippen LogP) is 3.44. The molecule has 1 aromatic heterocycles. The Morgan fingerprint density at radius 3 is 2.23 bits per heavy atom. The summed E-state index contributed by atoms with van der Waals surface area (Å²) in [6.07, 6.45) is 0.362. The summed E-state index contributed by atoms with van der Waals surface area (Å²) in [6.45, 7) is 1.78. The van der Waals surface area contributed by atoms with E-state index in [0.717, 1.165) is 0 Å². The minimum Gasteiger partial charge on any atom is -0.497 e. The number of rotatable bonds is 7. The van der Waals surface area contributed by atoms with Crippen molar-refractivity contribution in [2.45, 2.75) is 19.8 Å². The summed E-state index contributed by atoms with van der Waals surface area (Å²) in [4.78, 5) is 36.3. The zero-order chi connectivity index (χ0) is 22.5. The zero-order valence-corrected chi connectivity index (χ0v) is 17.6. The van der Waals surface area contributed by atoms with E-state index >= 15 is 0 Å². The molecule has 0 atom stereocenters. The van der Waals surface area contributed by atoms with E-state index in [-0.39, 0.29) is 29.7 Å². The topological polar surface area (TPSA) is 101 Å². The molecule has 0 bridgehead atoms. The number of esters is 2. The van der Waals surface area contributed by atoms with E-state index < -0.39 is 17.6 Å². The van der Waals surface area contributed by atoms with Crippen LogP contribution < -0.4 is 19.8 Å². The number of aryl methyl sites for hydroxylation is 2. The van der Waals surface area contributed by atoms with Gasteiger partial charge >= 0.3 is 17.6 Å². The quantitative estimate of drug-likeness (QED) is 0.322. The molecular weight excluding hydrogens is 404 g/mol. The molecule has 0 amide bonds. The van der Waals surface area contributed by atoms with Crippen LogP contribution in [0.5, 0.6) is 17.2 Å². The highest BCUT2D eigenvalue weighted by atomic mass is 16.5. The first-order valence-corrected chi connectivity index (χ1v) is 9.44.